The van der Waals surface area contributed by atoms with Crippen molar-refractivity contribution >= 4 is 15.9 Å². The van der Waals surface area contributed by atoms with Gasteiger partial charge in [0.1, 0.15) is 0 Å². The number of hydrogen-bond acceptors (Lipinski definition) is 4. The van der Waals surface area contributed by atoms with E-state index in [0.717, 1.165) is 23.2 Å². The summed E-state index contributed by atoms with van der Waals surface area (Å²) in [5, 5.41) is 3.66. The van der Waals surface area contributed by atoms with Crippen molar-refractivity contribution in [1.29, 1.82) is 0 Å². The van der Waals surface area contributed by atoms with E-state index >= 15 is 0 Å². The van der Waals surface area contributed by atoms with E-state index in [9.17, 15) is 26.4 Å². The minimum atomic E-state index is -4.64. The average Bonchev–Trinajstić information content (AvgIpc) is 3.07. The number of rotatable bonds is 4. The van der Waals surface area contributed by atoms with Crippen molar-refractivity contribution in [2.75, 3.05) is 0 Å². The van der Waals surface area contributed by atoms with Gasteiger partial charge in [0.15, 0.2) is 5.69 Å². The number of nitrogens with zero attached hydrogens (tertiary/aromatic N) is 2. The van der Waals surface area contributed by atoms with E-state index in [0.29, 0.717) is 5.56 Å². The molecule has 0 saturated carbocycles. The van der Waals surface area contributed by atoms with E-state index in [-0.39, 0.29) is 16.3 Å². The number of sulfonamides is 1. The highest BCUT2D eigenvalue weighted by Gasteiger charge is 2.35. The third-order valence-electron chi connectivity index (χ3n) is 4.02. The molecule has 152 valence electrons. The van der Waals surface area contributed by atoms with Crippen molar-refractivity contribution in [2.45, 2.75) is 24.9 Å². The summed E-state index contributed by atoms with van der Waals surface area (Å²) in [6.45, 7) is 2.92. The standard InChI is InChI=1S/C19H16F3N3O3S/c1-12-3-5-14(6-4-12)17-11-18(19(20,21)22)23-25(17)15-7-9-16(10-8-15)29(27,28)24-13(2)26/h3-11H,1-2H3,(H,24,26). The fourth-order valence-electron chi connectivity index (χ4n) is 2.66. The Hall–Kier alpha value is -3.14. The molecule has 6 nitrogen and oxygen atoms in total. The molecule has 0 atom stereocenters. The second-order valence-electron chi connectivity index (χ2n) is 6.35. The Labute approximate surface area is 165 Å². The summed E-state index contributed by atoms with van der Waals surface area (Å²) in [7, 11) is -4.05. The molecule has 0 aliphatic rings. The minimum absolute atomic E-state index is 0.198. The summed E-state index contributed by atoms with van der Waals surface area (Å²) in [4.78, 5) is 10.8. The first kappa shape index (κ1) is 20.6. The van der Waals surface area contributed by atoms with Crippen molar-refractivity contribution in [1.82, 2.24) is 14.5 Å². The highest BCUT2D eigenvalue weighted by Crippen LogP contribution is 2.33. The van der Waals surface area contributed by atoms with Crippen LogP contribution in [-0.4, -0.2) is 24.1 Å². The molecular weight excluding hydrogens is 407 g/mol. The topological polar surface area (TPSA) is 81.1 Å². The van der Waals surface area contributed by atoms with E-state index in [1.54, 1.807) is 24.3 Å². The van der Waals surface area contributed by atoms with Gasteiger partial charge in [0, 0.05) is 12.5 Å². The predicted molar refractivity (Wildman–Crippen MR) is 99.7 cm³/mol. The maximum atomic E-state index is 13.2. The molecule has 3 aromatic rings. The van der Waals surface area contributed by atoms with Crippen LogP contribution in [0.3, 0.4) is 0 Å². The van der Waals surface area contributed by atoms with Crippen molar-refractivity contribution in [3.8, 4) is 16.9 Å². The van der Waals surface area contributed by atoms with Crippen LogP contribution in [0, 0.1) is 6.92 Å². The van der Waals surface area contributed by atoms with Crippen LogP contribution in [0.1, 0.15) is 18.2 Å². The van der Waals surface area contributed by atoms with Crippen LogP contribution in [0.15, 0.2) is 59.5 Å². The van der Waals surface area contributed by atoms with Gasteiger partial charge in [-0.1, -0.05) is 29.8 Å². The van der Waals surface area contributed by atoms with Crippen LogP contribution in [0.5, 0.6) is 0 Å². The number of aromatic nitrogens is 2. The van der Waals surface area contributed by atoms with Crippen LogP contribution < -0.4 is 4.72 Å². The zero-order chi connectivity index (χ0) is 21.4. The molecule has 1 aromatic heterocycles. The van der Waals surface area contributed by atoms with Gasteiger partial charge >= 0.3 is 6.18 Å². The highest BCUT2D eigenvalue weighted by atomic mass is 32.2. The van der Waals surface area contributed by atoms with Crippen molar-refractivity contribution < 1.29 is 26.4 Å². The molecular formula is C19H16F3N3O3S. The lowest BCUT2D eigenvalue weighted by atomic mass is 10.1. The summed E-state index contributed by atoms with van der Waals surface area (Å²) >= 11 is 0. The molecule has 1 N–H and O–H groups in total. The van der Waals surface area contributed by atoms with Gasteiger partial charge in [0.2, 0.25) is 5.91 Å². The minimum Gasteiger partial charge on any atom is -0.274 e. The number of amides is 1. The van der Waals surface area contributed by atoms with Crippen molar-refractivity contribution in [3.63, 3.8) is 0 Å². The van der Waals surface area contributed by atoms with Gasteiger partial charge in [0.25, 0.3) is 10.0 Å². The van der Waals surface area contributed by atoms with Crippen LogP contribution in [0.25, 0.3) is 16.9 Å². The summed E-state index contributed by atoms with van der Waals surface area (Å²) in [5.74, 6) is -0.752. The maximum Gasteiger partial charge on any atom is 0.435 e. The lowest BCUT2D eigenvalue weighted by Gasteiger charge is -2.10. The predicted octanol–water partition coefficient (Wildman–Crippen LogP) is 3.69. The highest BCUT2D eigenvalue weighted by molar-refractivity contribution is 7.90. The first-order valence-electron chi connectivity index (χ1n) is 8.35. The first-order chi connectivity index (χ1) is 13.5. The summed E-state index contributed by atoms with van der Waals surface area (Å²) < 4.78 is 66.7. The van der Waals surface area contributed by atoms with Crippen molar-refractivity contribution in [2.24, 2.45) is 0 Å². The molecule has 0 spiro atoms. The van der Waals surface area contributed by atoms with Crippen LogP contribution in [0.4, 0.5) is 13.2 Å². The fraction of sp³-hybridized carbons (Fsp3) is 0.158. The van der Waals surface area contributed by atoms with E-state index < -0.39 is 27.8 Å². The van der Waals surface area contributed by atoms with E-state index in [2.05, 4.69) is 5.10 Å². The van der Waals surface area contributed by atoms with Gasteiger partial charge in [-0.05, 0) is 37.3 Å². The molecule has 0 unspecified atom stereocenters. The lowest BCUT2D eigenvalue weighted by molar-refractivity contribution is -0.141. The molecule has 0 aliphatic heterocycles. The summed E-state index contributed by atoms with van der Waals surface area (Å²) in [5.41, 5.74) is 0.840. The Morgan fingerprint density at radius 3 is 2.14 bits per heavy atom. The molecule has 0 radical (unpaired) electrons. The van der Waals surface area contributed by atoms with Crippen molar-refractivity contribution in [3.05, 3.63) is 65.9 Å². The molecule has 0 fully saturated rings. The third-order valence-corrected chi connectivity index (χ3v) is 5.47. The third kappa shape index (κ3) is 4.48. The van der Waals surface area contributed by atoms with Gasteiger partial charge in [0.05, 0.1) is 16.3 Å². The Morgan fingerprint density at radius 1 is 1.03 bits per heavy atom. The Bertz CT molecular complexity index is 1150. The Morgan fingerprint density at radius 2 is 1.62 bits per heavy atom. The molecule has 0 aliphatic carbocycles. The Kier molecular flexibility index (Phi) is 5.22. The molecule has 2 aromatic carbocycles. The van der Waals surface area contributed by atoms with Crippen LogP contribution in [0.2, 0.25) is 0 Å². The fourth-order valence-corrected chi connectivity index (χ4v) is 3.65. The SMILES string of the molecule is CC(=O)NS(=O)(=O)c1ccc(-n2nc(C(F)(F)F)cc2-c2ccc(C)cc2)cc1. The first-order valence-corrected chi connectivity index (χ1v) is 9.84. The monoisotopic (exact) mass is 423 g/mol. The van der Waals surface area contributed by atoms with Gasteiger partial charge in [-0.15, -0.1) is 0 Å². The smallest absolute Gasteiger partial charge is 0.274 e. The molecule has 3 rings (SSSR count). The second kappa shape index (κ2) is 7.36. The van der Waals surface area contributed by atoms with Crippen LogP contribution in [-0.2, 0) is 21.0 Å². The molecule has 1 heterocycles. The average molecular weight is 423 g/mol. The molecule has 1 amide bonds. The molecule has 10 heteroatoms. The number of hydrogen-bond donors (Lipinski definition) is 1. The lowest BCUT2D eigenvalue weighted by Crippen LogP contribution is -2.28. The number of nitrogens with one attached hydrogen (secondary N) is 1. The number of aryl methyl sites for hydroxylation is 1. The largest absolute Gasteiger partial charge is 0.435 e. The van der Waals surface area contributed by atoms with E-state index in [1.165, 1.54) is 24.3 Å². The molecule has 0 saturated heterocycles. The Balaban J connectivity index is 2.09. The van der Waals surface area contributed by atoms with E-state index in [4.69, 9.17) is 0 Å². The number of alkyl halides is 3. The second-order valence-corrected chi connectivity index (χ2v) is 8.03. The quantitative estimate of drug-likeness (QED) is 0.694. The van der Waals surface area contributed by atoms with Gasteiger partial charge in [-0.2, -0.15) is 18.3 Å². The van der Waals surface area contributed by atoms with Gasteiger partial charge in [-0.3, -0.25) is 4.79 Å². The van der Waals surface area contributed by atoms with Gasteiger partial charge in [-0.25, -0.2) is 17.8 Å². The number of benzene rings is 2. The normalized spacial score (nSPS) is 12.0. The number of carbonyl (C=O) groups excluding carboxylic acids is 1. The summed E-state index contributed by atoms with van der Waals surface area (Å²) in [6, 6.07) is 12.8. The van der Waals surface area contributed by atoms with E-state index in [1.807, 2.05) is 11.6 Å². The maximum absolute atomic E-state index is 13.2. The zero-order valence-electron chi connectivity index (χ0n) is 15.4. The molecule has 29 heavy (non-hydrogen) atoms. The summed E-state index contributed by atoms with van der Waals surface area (Å²) in [6.07, 6.45) is -4.64. The zero-order valence-corrected chi connectivity index (χ0v) is 16.2. The van der Waals surface area contributed by atoms with Gasteiger partial charge < -0.3 is 0 Å². The molecule has 0 bridgehead atoms. The van der Waals surface area contributed by atoms with Crippen LogP contribution >= 0.6 is 0 Å². The number of halogens is 3. The number of carbonyl (C=O) groups is 1.